The summed E-state index contributed by atoms with van der Waals surface area (Å²) in [5.41, 5.74) is 3.45. The van der Waals surface area contributed by atoms with Gasteiger partial charge in [0.2, 0.25) is 5.76 Å². The molecular weight excluding hydrogens is 246 g/mol. The molecule has 0 atom stereocenters. The lowest BCUT2D eigenvalue weighted by atomic mass is 10.1. The van der Waals surface area contributed by atoms with Crippen LogP contribution in [0.15, 0.2) is 65.1 Å². The molecule has 0 aliphatic rings. The second kappa shape index (κ2) is 5.33. The molecule has 0 unspecified atom stereocenters. The van der Waals surface area contributed by atoms with Crippen molar-refractivity contribution in [1.82, 2.24) is 0 Å². The summed E-state index contributed by atoms with van der Waals surface area (Å²) in [6.45, 7) is 5.05. The van der Waals surface area contributed by atoms with Gasteiger partial charge >= 0.3 is 5.89 Å². The minimum absolute atomic E-state index is 0.895. The number of aryl methyl sites for hydroxylation is 1. The van der Waals surface area contributed by atoms with Crippen LogP contribution in [-0.2, 0) is 6.54 Å². The van der Waals surface area contributed by atoms with Crippen LogP contribution in [0.3, 0.4) is 0 Å². The van der Waals surface area contributed by atoms with Crippen LogP contribution in [0.2, 0.25) is 0 Å². The zero-order chi connectivity index (χ0) is 13.9. The minimum atomic E-state index is 0.895. The van der Waals surface area contributed by atoms with Crippen molar-refractivity contribution in [3.8, 4) is 22.6 Å². The first kappa shape index (κ1) is 12.7. The molecule has 0 aliphatic carbocycles. The van der Waals surface area contributed by atoms with E-state index in [-0.39, 0.29) is 0 Å². The zero-order valence-corrected chi connectivity index (χ0v) is 11.8. The molecule has 0 N–H and O–H groups in total. The van der Waals surface area contributed by atoms with Gasteiger partial charge in [-0.05, 0) is 19.1 Å². The maximum absolute atomic E-state index is 6.04. The number of rotatable bonds is 3. The zero-order valence-electron chi connectivity index (χ0n) is 11.8. The molecule has 0 saturated heterocycles. The Morgan fingerprint density at radius 3 is 1.95 bits per heavy atom. The standard InChI is InChI=1S/C18H18NO/c1-3-19-14(2)20-18(16-12-8-5-9-13-16)17(19)15-10-6-4-7-11-15/h4-13H,3H2,1-2H3/q+1. The molecule has 2 nitrogen and oxygen atoms in total. The van der Waals surface area contributed by atoms with Gasteiger partial charge in [-0.25, -0.2) is 0 Å². The largest absolute Gasteiger partial charge is 0.401 e. The molecule has 3 rings (SSSR count). The lowest BCUT2D eigenvalue weighted by Gasteiger charge is -2.00. The fourth-order valence-electron chi connectivity index (χ4n) is 2.58. The van der Waals surface area contributed by atoms with Crippen molar-refractivity contribution in [2.24, 2.45) is 0 Å². The third kappa shape index (κ3) is 2.14. The van der Waals surface area contributed by atoms with Crippen LogP contribution >= 0.6 is 0 Å². The molecule has 100 valence electrons. The number of nitrogens with zero attached hydrogens (tertiary/aromatic N) is 1. The number of aromatic nitrogens is 1. The summed E-state index contributed by atoms with van der Waals surface area (Å²) in [7, 11) is 0. The molecule has 1 heterocycles. The van der Waals surface area contributed by atoms with E-state index in [1.165, 1.54) is 5.56 Å². The summed E-state index contributed by atoms with van der Waals surface area (Å²) in [6.07, 6.45) is 0. The Morgan fingerprint density at radius 1 is 0.850 bits per heavy atom. The van der Waals surface area contributed by atoms with Crippen LogP contribution in [0, 0.1) is 6.92 Å². The first-order valence-electron chi connectivity index (χ1n) is 6.95. The van der Waals surface area contributed by atoms with Crippen molar-refractivity contribution in [3.05, 3.63) is 66.6 Å². The molecule has 0 bridgehead atoms. The van der Waals surface area contributed by atoms with E-state index >= 15 is 0 Å². The minimum Gasteiger partial charge on any atom is -0.401 e. The van der Waals surface area contributed by atoms with Crippen LogP contribution in [0.1, 0.15) is 12.8 Å². The number of hydrogen-bond acceptors (Lipinski definition) is 1. The Balaban J connectivity index is 2.26. The SMILES string of the molecule is CC[n+]1c(C)oc(-c2ccccc2)c1-c1ccccc1. The van der Waals surface area contributed by atoms with Crippen molar-refractivity contribution in [1.29, 1.82) is 0 Å². The topological polar surface area (TPSA) is 17.0 Å². The third-order valence-corrected chi connectivity index (χ3v) is 3.51. The molecule has 0 spiro atoms. The second-order valence-electron chi connectivity index (χ2n) is 4.78. The lowest BCUT2D eigenvalue weighted by Crippen LogP contribution is -2.35. The van der Waals surface area contributed by atoms with E-state index in [0.717, 1.165) is 29.5 Å². The van der Waals surface area contributed by atoms with Crippen molar-refractivity contribution in [3.63, 3.8) is 0 Å². The Bertz CT molecular complexity index is 699. The molecule has 2 aromatic carbocycles. The maximum Gasteiger partial charge on any atom is 0.344 e. The highest BCUT2D eigenvalue weighted by Gasteiger charge is 2.26. The third-order valence-electron chi connectivity index (χ3n) is 3.51. The summed E-state index contributed by atoms with van der Waals surface area (Å²) < 4.78 is 8.26. The number of benzene rings is 2. The average molecular weight is 264 g/mol. The summed E-state index contributed by atoms with van der Waals surface area (Å²) in [5, 5.41) is 0. The van der Waals surface area contributed by atoms with E-state index in [4.69, 9.17) is 4.42 Å². The van der Waals surface area contributed by atoms with E-state index < -0.39 is 0 Å². The fourth-order valence-corrected chi connectivity index (χ4v) is 2.58. The van der Waals surface area contributed by atoms with Gasteiger partial charge in [0.1, 0.15) is 6.54 Å². The highest BCUT2D eigenvalue weighted by molar-refractivity contribution is 5.74. The van der Waals surface area contributed by atoms with E-state index in [1.54, 1.807) is 0 Å². The molecule has 3 aromatic rings. The Kier molecular flexibility index (Phi) is 3.38. The van der Waals surface area contributed by atoms with Gasteiger partial charge in [-0.15, -0.1) is 0 Å². The van der Waals surface area contributed by atoms with Crippen LogP contribution in [0.4, 0.5) is 0 Å². The van der Waals surface area contributed by atoms with Gasteiger partial charge in [0, 0.05) is 5.56 Å². The fraction of sp³-hybridized carbons (Fsp3) is 0.167. The van der Waals surface area contributed by atoms with Crippen molar-refractivity contribution < 1.29 is 8.98 Å². The first-order valence-corrected chi connectivity index (χ1v) is 6.95. The predicted molar refractivity (Wildman–Crippen MR) is 80.2 cm³/mol. The highest BCUT2D eigenvalue weighted by atomic mass is 16.4. The smallest absolute Gasteiger partial charge is 0.344 e. The van der Waals surface area contributed by atoms with E-state index in [9.17, 15) is 0 Å². The maximum atomic E-state index is 6.04. The quantitative estimate of drug-likeness (QED) is 0.647. The Labute approximate surface area is 119 Å². The van der Waals surface area contributed by atoms with Crippen LogP contribution in [-0.4, -0.2) is 0 Å². The molecule has 0 radical (unpaired) electrons. The number of oxazole rings is 1. The Morgan fingerprint density at radius 2 is 1.40 bits per heavy atom. The van der Waals surface area contributed by atoms with E-state index in [1.807, 2.05) is 31.2 Å². The van der Waals surface area contributed by atoms with E-state index in [2.05, 4.69) is 47.9 Å². The van der Waals surface area contributed by atoms with Crippen LogP contribution in [0.5, 0.6) is 0 Å². The predicted octanol–water partition coefficient (Wildman–Crippen LogP) is 4.23. The average Bonchev–Trinajstić information content (AvgIpc) is 2.85. The molecule has 0 saturated carbocycles. The highest BCUT2D eigenvalue weighted by Crippen LogP contribution is 2.31. The molecule has 20 heavy (non-hydrogen) atoms. The molecule has 0 fully saturated rings. The summed E-state index contributed by atoms with van der Waals surface area (Å²) >= 11 is 0. The Hall–Kier alpha value is -2.35. The van der Waals surface area contributed by atoms with Crippen molar-refractivity contribution >= 4 is 0 Å². The van der Waals surface area contributed by atoms with Crippen LogP contribution < -0.4 is 4.57 Å². The molecule has 0 amide bonds. The van der Waals surface area contributed by atoms with Crippen molar-refractivity contribution in [2.45, 2.75) is 20.4 Å². The van der Waals surface area contributed by atoms with Crippen molar-refractivity contribution in [2.75, 3.05) is 0 Å². The first-order chi connectivity index (χ1) is 9.81. The van der Waals surface area contributed by atoms with Crippen LogP contribution in [0.25, 0.3) is 22.6 Å². The molecule has 1 aromatic heterocycles. The van der Waals surface area contributed by atoms with Gasteiger partial charge in [0.25, 0.3) is 5.69 Å². The summed E-state index contributed by atoms with van der Waals surface area (Å²) in [6, 6.07) is 20.7. The second-order valence-corrected chi connectivity index (χ2v) is 4.78. The van der Waals surface area contributed by atoms with Gasteiger partial charge < -0.3 is 4.42 Å². The van der Waals surface area contributed by atoms with E-state index in [0.29, 0.717) is 0 Å². The van der Waals surface area contributed by atoms with Gasteiger partial charge in [-0.2, -0.15) is 4.57 Å². The summed E-state index contributed by atoms with van der Waals surface area (Å²) in [4.78, 5) is 0. The summed E-state index contributed by atoms with van der Waals surface area (Å²) in [5.74, 6) is 1.88. The molecule has 0 aliphatic heterocycles. The normalized spacial score (nSPS) is 10.7. The van der Waals surface area contributed by atoms with Gasteiger partial charge in [0.15, 0.2) is 0 Å². The van der Waals surface area contributed by atoms with Gasteiger partial charge in [0.05, 0.1) is 12.5 Å². The number of hydrogen-bond donors (Lipinski definition) is 0. The molecule has 2 heteroatoms. The molecular formula is C18H18NO+. The monoisotopic (exact) mass is 264 g/mol. The van der Waals surface area contributed by atoms with Gasteiger partial charge in [-0.3, -0.25) is 0 Å². The lowest BCUT2D eigenvalue weighted by molar-refractivity contribution is -0.692. The van der Waals surface area contributed by atoms with Gasteiger partial charge in [-0.1, -0.05) is 48.5 Å².